The Bertz CT molecular complexity index is 2060. The van der Waals surface area contributed by atoms with Crippen LogP contribution in [0.25, 0.3) is 21.6 Å². The highest BCUT2D eigenvalue weighted by atomic mass is 32.1. The van der Waals surface area contributed by atoms with E-state index in [4.69, 9.17) is 0 Å². The van der Waals surface area contributed by atoms with E-state index in [0.29, 0.717) is 56.4 Å². The predicted molar refractivity (Wildman–Crippen MR) is 239 cm³/mol. The van der Waals surface area contributed by atoms with Gasteiger partial charge in [0.2, 0.25) is 23.6 Å². The van der Waals surface area contributed by atoms with Gasteiger partial charge < -0.3 is 20.9 Å². The fourth-order valence-corrected chi connectivity index (χ4v) is 8.11. The second-order valence-electron chi connectivity index (χ2n) is 16.7. The molecule has 0 saturated carbocycles. The minimum absolute atomic E-state index is 0.0704. The van der Waals surface area contributed by atoms with Crippen LogP contribution >= 0.6 is 11.3 Å². The van der Waals surface area contributed by atoms with E-state index in [1.54, 1.807) is 28.4 Å². The average Bonchev–Trinajstić information content (AvgIpc) is 3.91. The van der Waals surface area contributed by atoms with Gasteiger partial charge in [0.15, 0.2) is 0 Å². The summed E-state index contributed by atoms with van der Waals surface area (Å²) in [5.41, 5.74) is 13.1. The number of aryl methyl sites for hydroxylation is 1. The van der Waals surface area contributed by atoms with Crippen LogP contribution in [-0.2, 0) is 19.2 Å². The van der Waals surface area contributed by atoms with Crippen molar-refractivity contribution in [3.05, 3.63) is 95.1 Å². The Hall–Kier alpha value is -5.40. The number of nitrogens with zero attached hydrogens (tertiary/aromatic N) is 2. The van der Waals surface area contributed by atoms with E-state index < -0.39 is 17.5 Å². The third-order valence-corrected chi connectivity index (χ3v) is 11.8. The van der Waals surface area contributed by atoms with E-state index in [9.17, 15) is 24.0 Å². The van der Waals surface area contributed by atoms with Crippen LogP contribution in [0.15, 0.2) is 78.3 Å². The molecule has 13 heteroatoms. The summed E-state index contributed by atoms with van der Waals surface area (Å²) >= 11 is 1.60. The van der Waals surface area contributed by atoms with Crippen LogP contribution in [0.2, 0.25) is 0 Å². The largest absolute Gasteiger partial charge is 0.348 e. The van der Waals surface area contributed by atoms with Crippen molar-refractivity contribution in [2.45, 2.75) is 117 Å². The summed E-state index contributed by atoms with van der Waals surface area (Å²) in [5.74, 6) is -0.875. The Balaban J connectivity index is 1.01. The number of hydrogen-bond acceptors (Lipinski definition) is 8. The van der Waals surface area contributed by atoms with Crippen LogP contribution < -0.4 is 26.8 Å². The standard InChI is InChI=1S/C47H61N7O5S/c1-7-28-49-53-44(57)37-22-18-34(19-23-37)35-24-26-38(27-25-35)51-40(55)14-10-8-9-11-15-41(56)52-43(47(4,5)6)46(59)54-29-12-13-39(54)45(58)50-31(2)33-16-20-36(21-17-33)42-32(3)48-30-60-42/h16-27,30-31,39,43,49H,7-15,28-29H2,1-6H3,(H,50,58)(H,51,55)(H,52,56)(H,53,57)/t31-,39+,43?/m0/s1. The predicted octanol–water partition coefficient (Wildman–Crippen LogP) is 8.11. The molecule has 5 amide bonds. The third kappa shape index (κ3) is 12.8. The summed E-state index contributed by atoms with van der Waals surface area (Å²) in [6.45, 7) is 12.9. The highest BCUT2D eigenvalue weighted by molar-refractivity contribution is 7.13. The second kappa shape index (κ2) is 21.7. The van der Waals surface area contributed by atoms with Crippen LogP contribution in [-0.4, -0.2) is 64.6 Å². The number of hydrazine groups is 1. The van der Waals surface area contributed by atoms with Crippen molar-refractivity contribution in [1.29, 1.82) is 0 Å². The smallest absolute Gasteiger partial charge is 0.265 e. The number of amides is 5. The molecule has 0 aliphatic carbocycles. The number of anilines is 1. The maximum absolute atomic E-state index is 14.0. The molecule has 2 heterocycles. The van der Waals surface area contributed by atoms with Gasteiger partial charge in [0, 0.05) is 37.2 Å². The molecule has 0 bridgehead atoms. The molecule has 5 rings (SSSR count). The quantitative estimate of drug-likeness (QED) is 0.0471. The van der Waals surface area contributed by atoms with Gasteiger partial charge in [-0.3, -0.25) is 29.4 Å². The molecule has 12 nitrogen and oxygen atoms in total. The van der Waals surface area contributed by atoms with Crippen LogP contribution in [0.3, 0.4) is 0 Å². The molecule has 1 unspecified atom stereocenters. The van der Waals surface area contributed by atoms with Crippen molar-refractivity contribution >= 4 is 46.6 Å². The fraction of sp³-hybridized carbons (Fsp3) is 0.447. The number of rotatable bonds is 19. The number of carbonyl (C=O) groups is 5. The number of likely N-dealkylation sites (tertiary alicyclic amines) is 1. The zero-order chi connectivity index (χ0) is 43.2. The van der Waals surface area contributed by atoms with Gasteiger partial charge in [-0.25, -0.2) is 10.4 Å². The highest BCUT2D eigenvalue weighted by Gasteiger charge is 2.42. The molecule has 0 radical (unpaired) electrons. The summed E-state index contributed by atoms with van der Waals surface area (Å²) in [4.78, 5) is 72.7. The molecule has 3 atom stereocenters. The lowest BCUT2D eigenvalue weighted by Gasteiger charge is -2.35. The first-order valence-electron chi connectivity index (χ1n) is 21.2. The Labute approximate surface area is 358 Å². The van der Waals surface area contributed by atoms with E-state index in [2.05, 4.69) is 31.8 Å². The van der Waals surface area contributed by atoms with E-state index in [0.717, 1.165) is 52.1 Å². The minimum Gasteiger partial charge on any atom is -0.348 e. The lowest BCUT2D eigenvalue weighted by atomic mass is 9.85. The van der Waals surface area contributed by atoms with Crippen molar-refractivity contribution in [1.82, 2.24) is 31.4 Å². The van der Waals surface area contributed by atoms with Gasteiger partial charge >= 0.3 is 0 Å². The molecular weight excluding hydrogens is 775 g/mol. The van der Waals surface area contributed by atoms with Crippen molar-refractivity contribution in [3.8, 4) is 21.6 Å². The van der Waals surface area contributed by atoms with Gasteiger partial charge in [0.25, 0.3) is 5.91 Å². The Morgan fingerprint density at radius 2 is 1.43 bits per heavy atom. The molecule has 0 spiro atoms. The van der Waals surface area contributed by atoms with Crippen LogP contribution in [0, 0.1) is 12.3 Å². The first kappa shape index (κ1) is 45.7. The van der Waals surface area contributed by atoms with Crippen molar-refractivity contribution < 1.29 is 24.0 Å². The molecule has 1 aromatic heterocycles. The van der Waals surface area contributed by atoms with Gasteiger partial charge in [-0.1, -0.05) is 89.1 Å². The number of carbonyl (C=O) groups excluding carboxylic acids is 5. The Morgan fingerprint density at radius 1 is 0.817 bits per heavy atom. The van der Waals surface area contributed by atoms with Gasteiger partial charge in [0.1, 0.15) is 12.1 Å². The normalized spacial score (nSPS) is 14.9. The molecule has 1 saturated heterocycles. The molecule has 1 aliphatic heterocycles. The molecule has 1 aliphatic rings. The lowest BCUT2D eigenvalue weighted by Crippen LogP contribution is -2.57. The van der Waals surface area contributed by atoms with Gasteiger partial charge in [0.05, 0.1) is 22.1 Å². The number of aromatic nitrogens is 1. The summed E-state index contributed by atoms with van der Waals surface area (Å²) in [5, 5.41) is 9.08. The van der Waals surface area contributed by atoms with Gasteiger partial charge in [-0.15, -0.1) is 11.3 Å². The number of benzene rings is 3. The van der Waals surface area contributed by atoms with Gasteiger partial charge in [-0.2, -0.15) is 0 Å². The molecule has 4 aromatic rings. The lowest BCUT2D eigenvalue weighted by molar-refractivity contribution is -0.144. The second-order valence-corrected chi connectivity index (χ2v) is 17.5. The SMILES string of the molecule is CCCNNC(=O)c1ccc(-c2ccc(NC(=O)CCCCCCC(=O)NC(C(=O)N3CCC[C@@H]3C(=O)N[C@@H](C)c3ccc(-c4scnc4C)cc3)C(C)(C)C)cc2)cc1. The van der Waals surface area contributed by atoms with Crippen LogP contribution in [0.4, 0.5) is 5.69 Å². The molecule has 3 aromatic carbocycles. The molecule has 60 heavy (non-hydrogen) atoms. The zero-order valence-electron chi connectivity index (χ0n) is 35.9. The topological polar surface area (TPSA) is 162 Å². The zero-order valence-corrected chi connectivity index (χ0v) is 36.7. The average molecular weight is 836 g/mol. The van der Waals surface area contributed by atoms with Crippen molar-refractivity contribution in [2.75, 3.05) is 18.4 Å². The van der Waals surface area contributed by atoms with E-state index in [-0.39, 0.29) is 42.0 Å². The molecule has 320 valence electrons. The maximum Gasteiger partial charge on any atom is 0.265 e. The summed E-state index contributed by atoms with van der Waals surface area (Å²) < 4.78 is 0. The highest BCUT2D eigenvalue weighted by Crippen LogP contribution is 2.30. The van der Waals surface area contributed by atoms with Crippen molar-refractivity contribution in [2.24, 2.45) is 5.41 Å². The summed E-state index contributed by atoms with van der Waals surface area (Å²) in [6, 6.07) is 21.5. The van der Waals surface area contributed by atoms with E-state index in [1.165, 1.54) is 0 Å². The maximum atomic E-state index is 14.0. The number of nitrogens with one attached hydrogen (secondary N) is 5. The van der Waals surface area contributed by atoms with E-state index in [1.807, 2.05) is 108 Å². The Kier molecular flexibility index (Phi) is 16.5. The van der Waals surface area contributed by atoms with Crippen LogP contribution in [0.1, 0.15) is 120 Å². The Morgan fingerprint density at radius 3 is 2.03 bits per heavy atom. The monoisotopic (exact) mass is 835 g/mol. The third-order valence-electron chi connectivity index (χ3n) is 10.8. The summed E-state index contributed by atoms with van der Waals surface area (Å²) in [7, 11) is 0. The summed E-state index contributed by atoms with van der Waals surface area (Å²) in [6.07, 6.45) is 5.74. The van der Waals surface area contributed by atoms with Gasteiger partial charge in [-0.05, 0) is 97.9 Å². The first-order valence-corrected chi connectivity index (χ1v) is 22.1. The van der Waals surface area contributed by atoms with Crippen molar-refractivity contribution in [3.63, 3.8) is 0 Å². The number of hydrogen-bond donors (Lipinski definition) is 5. The number of thiazole rings is 1. The molecule has 5 N–H and O–H groups in total. The van der Waals surface area contributed by atoms with Crippen LogP contribution in [0.5, 0.6) is 0 Å². The molecule has 1 fully saturated rings. The fourth-order valence-electron chi connectivity index (χ4n) is 7.29. The first-order chi connectivity index (χ1) is 28.7. The molecular formula is C47H61N7O5S. The number of unbranched alkanes of at least 4 members (excludes halogenated alkanes) is 3. The van der Waals surface area contributed by atoms with E-state index >= 15 is 0 Å². The minimum atomic E-state index is -0.775.